The van der Waals surface area contributed by atoms with Gasteiger partial charge in [-0.25, -0.2) is 0 Å². The van der Waals surface area contributed by atoms with Gasteiger partial charge in [0.25, 0.3) is 0 Å². The lowest BCUT2D eigenvalue weighted by molar-refractivity contribution is 0.363. The molecule has 2 unspecified atom stereocenters. The van der Waals surface area contributed by atoms with Crippen molar-refractivity contribution in [1.29, 1.82) is 0 Å². The third-order valence-electron chi connectivity index (χ3n) is 4.76. The van der Waals surface area contributed by atoms with Crippen molar-refractivity contribution in [2.24, 2.45) is 5.92 Å². The number of benzene rings is 1. The maximum atomic E-state index is 3.67. The molecule has 2 rings (SSSR count). The van der Waals surface area contributed by atoms with Crippen LogP contribution in [0.4, 0.5) is 0 Å². The van der Waals surface area contributed by atoms with Gasteiger partial charge < -0.3 is 5.32 Å². The molecule has 1 nitrogen and oxygen atoms in total. The van der Waals surface area contributed by atoms with E-state index >= 15 is 0 Å². The zero-order valence-electron chi connectivity index (χ0n) is 13.5. The second-order valence-electron chi connectivity index (χ2n) is 6.66. The van der Waals surface area contributed by atoms with Crippen molar-refractivity contribution in [1.82, 2.24) is 5.32 Å². The molecule has 0 radical (unpaired) electrons. The van der Waals surface area contributed by atoms with E-state index in [2.05, 4.69) is 50.4 Å². The Morgan fingerprint density at radius 3 is 2.40 bits per heavy atom. The highest BCUT2D eigenvalue weighted by molar-refractivity contribution is 5.26. The van der Waals surface area contributed by atoms with Crippen LogP contribution in [0.25, 0.3) is 0 Å². The molecule has 1 saturated carbocycles. The summed E-state index contributed by atoms with van der Waals surface area (Å²) in [5.41, 5.74) is 3.03. The number of aryl methyl sites for hydroxylation is 1. The number of nitrogens with one attached hydrogen (secondary N) is 1. The quantitative estimate of drug-likeness (QED) is 0.752. The Bertz CT molecular complexity index is 379. The molecule has 1 heteroatoms. The smallest absolute Gasteiger partial charge is 0.00104 e. The molecule has 0 aromatic heterocycles. The van der Waals surface area contributed by atoms with E-state index in [9.17, 15) is 0 Å². The Morgan fingerprint density at radius 1 is 1.05 bits per heavy atom. The van der Waals surface area contributed by atoms with Crippen LogP contribution in [0.5, 0.6) is 0 Å². The third kappa shape index (κ3) is 4.34. The molecule has 1 aliphatic carbocycles. The van der Waals surface area contributed by atoms with E-state index in [-0.39, 0.29) is 0 Å². The molecule has 20 heavy (non-hydrogen) atoms. The molecule has 2 atom stereocenters. The van der Waals surface area contributed by atoms with Crippen molar-refractivity contribution in [2.45, 2.75) is 71.3 Å². The second-order valence-corrected chi connectivity index (χ2v) is 6.66. The van der Waals surface area contributed by atoms with Gasteiger partial charge in [-0.05, 0) is 48.8 Å². The SMILES string of the molecule is CCc1ccc(C2CCCCCC2CNC(C)C)cc1. The Kier molecular flexibility index (Phi) is 6.09. The molecular formula is C19H31N. The van der Waals surface area contributed by atoms with Gasteiger partial charge in [-0.3, -0.25) is 0 Å². The second kappa shape index (κ2) is 7.83. The first kappa shape index (κ1) is 15.6. The Balaban J connectivity index is 2.09. The lowest BCUT2D eigenvalue weighted by Crippen LogP contribution is -2.31. The number of hydrogen-bond donors (Lipinski definition) is 1. The molecular weight excluding hydrogens is 242 g/mol. The fourth-order valence-electron chi connectivity index (χ4n) is 3.46. The summed E-state index contributed by atoms with van der Waals surface area (Å²) in [5, 5.41) is 3.67. The van der Waals surface area contributed by atoms with Gasteiger partial charge in [-0.1, -0.05) is 64.3 Å². The van der Waals surface area contributed by atoms with Gasteiger partial charge in [-0.2, -0.15) is 0 Å². The van der Waals surface area contributed by atoms with Crippen LogP contribution in [0.1, 0.15) is 69.9 Å². The minimum absolute atomic E-state index is 0.598. The van der Waals surface area contributed by atoms with Gasteiger partial charge in [0.2, 0.25) is 0 Å². The summed E-state index contributed by atoms with van der Waals surface area (Å²) >= 11 is 0. The van der Waals surface area contributed by atoms with Crippen molar-refractivity contribution < 1.29 is 0 Å². The van der Waals surface area contributed by atoms with Crippen LogP contribution in [0.3, 0.4) is 0 Å². The first-order valence-electron chi connectivity index (χ1n) is 8.53. The van der Waals surface area contributed by atoms with Crippen molar-refractivity contribution >= 4 is 0 Å². The molecule has 1 aromatic rings. The number of rotatable bonds is 5. The van der Waals surface area contributed by atoms with Crippen molar-refractivity contribution in [2.75, 3.05) is 6.54 Å². The molecule has 1 aliphatic rings. The van der Waals surface area contributed by atoms with E-state index in [0.717, 1.165) is 18.3 Å². The highest BCUT2D eigenvalue weighted by Crippen LogP contribution is 2.36. The topological polar surface area (TPSA) is 12.0 Å². The Labute approximate surface area is 125 Å². The summed E-state index contributed by atoms with van der Waals surface area (Å²) < 4.78 is 0. The van der Waals surface area contributed by atoms with E-state index in [1.54, 1.807) is 5.56 Å². The summed E-state index contributed by atoms with van der Waals surface area (Å²) in [6.45, 7) is 7.91. The maximum absolute atomic E-state index is 3.67. The zero-order chi connectivity index (χ0) is 14.4. The van der Waals surface area contributed by atoms with Crippen LogP contribution >= 0.6 is 0 Å². The predicted molar refractivity (Wildman–Crippen MR) is 88.3 cm³/mol. The fourth-order valence-corrected chi connectivity index (χ4v) is 3.46. The predicted octanol–water partition coefficient (Wildman–Crippen LogP) is 4.91. The van der Waals surface area contributed by atoms with Crippen LogP contribution in [0, 0.1) is 5.92 Å². The van der Waals surface area contributed by atoms with E-state index in [1.165, 1.54) is 44.2 Å². The standard InChI is InChI=1S/C19H31N/c1-4-16-10-12-17(13-11-16)19-9-7-5-6-8-18(19)14-20-15(2)3/h10-13,15,18-20H,4-9,14H2,1-3H3. The van der Waals surface area contributed by atoms with Gasteiger partial charge in [-0.15, -0.1) is 0 Å². The maximum Gasteiger partial charge on any atom is 0.00104 e. The van der Waals surface area contributed by atoms with Crippen LogP contribution in [0.2, 0.25) is 0 Å². The summed E-state index contributed by atoms with van der Waals surface area (Å²) in [7, 11) is 0. The average molecular weight is 273 g/mol. The molecule has 1 fully saturated rings. The molecule has 1 N–H and O–H groups in total. The number of hydrogen-bond acceptors (Lipinski definition) is 1. The molecule has 1 aromatic carbocycles. The average Bonchev–Trinajstić information content (AvgIpc) is 2.70. The lowest BCUT2D eigenvalue weighted by Gasteiger charge is -2.27. The lowest BCUT2D eigenvalue weighted by atomic mass is 9.82. The largest absolute Gasteiger partial charge is 0.314 e. The van der Waals surface area contributed by atoms with Crippen molar-refractivity contribution in [3.8, 4) is 0 Å². The van der Waals surface area contributed by atoms with Crippen LogP contribution in [-0.2, 0) is 6.42 Å². The zero-order valence-corrected chi connectivity index (χ0v) is 13.5. The fraction of sp³-hybridized carbons (Fsp3) is 0.684. The molecule has 112 valence electrons. The minimum atomic E-state index is 0.598. The summed E-state index contributed by atoms with van der Waals surface area (Å²) in [5.74, 6) is 1.57. The van der Waals surface area contributed by atoms with Gasteiger partial charge >= 0.3 is 0 Å². The molecule has 0 saturated heterocycles. The summed E-state index contributed by atoms with van der Waals surface area (Å²) in [4.78, 5) is 0. The van der Waals surface area contributed by atoms with Gasteiger partial charge in [0.05, 0.1) is 0 Å². The highest BCUT2D eigenvalue weighted by atomic mass is 14.9. The monoisotopic (exact) mass is 273 g/mol. The van der Waals surface area contributed by atoms with Gasteiger partial charge in [0.1, 0.15) is 0 Å². The van der Waals surface area contributed by atoms with E-state index in [0.29, 0.717) is 6.04 Å². The van der Waals surface area contributed by atoms with Crippen LogP contribution in [0.15, 0.2) is 24.3 Å². The van der Waals surface area contributed by atoms with E-state index < -0.39 is 0 Å². The Hall–Kier alpha value is -0.820. The molecule has 0 aliphatic heterocycles. The highest BCUT2D eigenvalue weighted by Gasteiger charge is 2.24. The van der Waals surface area contributed by atoms with E-state index in [1.807, 2.05) is 0 Å². The minimum Gasteiger partial charge on any atom is -0.314 e. The first-order chi connectivity index (χ1) is 9.70. The summed E-state index contributed by atoms with van der Waals surface area (Å²) in [6, 6.07) is 10.0. The molecule has 0 spiro atoms. The van der Waals surface area contributed by atoms with Crippen LogP contribution in [-0.4, -0.2) is 12.6 Å². The van der Waals surface area contributed by atoms with Crippen molar-refractivity contribution in [3.63, 3.8) is 0 Å². The molecule has 0 amide bonds. The third-order valence-corrected chi connectivity index (χ3v) is 4.76. The summed E-state index contributed by atoms with van der Waals surface area (Å²) in [6.07, 6.45) is 8.13. The van der Waals surface area contributed by atoms with E-state index in [4.69, 9.17) is 0 Å². The normalized spacial score (nSPS) is 23.8. The van der Waals surface area contributed by atoms with Crippen molar-refractivity contribution in [3.05, 3.63) is 35.4 Å². The van der Waals surface area contributed by atoms with Gasteiger partial charge in [0, 0.05) is 6.04 Å². The van der Waals surface area contributed by atoms with Gasteiger partial charge in [0.15, 0.2) is 0 Å². The molecule has 0 heterocycles. The van der Waals surface area contributed by atoms with Crippen LogP contribution < -0.4 is 5.32 Å². The Morgan fingerprint density at radius 2 is 1.75 bits per heavy atom. The molecule has 0 bridgehead atoms. The first-order valence-corrected chi connectivity index (χ1v) is 8.53.